The number of nitrogens with one attached hydrogen (secondary N) is 1. The molecule has 2 fully saturated rings. The van der Waals surface area contributed by atoms with Crippen LogP contribution in [-0.4, -0.2) is 59.6 Å². The summed E-state index contributed by atoms with van der Waals surface area (Å²) in [5.74, 6) is 1.07. The molecule has 11 heteroatoms. The van der Waals surface area contributed by atoms with Crippen LogP contribution in [0.15, 0.2) is 23.2 Å². The van der Waals surface area contributed by atoms with Gasteiger partial charge in [-0.1, -0.05) is 17.8 Å². The average molecular weight is 432 g/mol. The Balaban J connectivity index is 1.40. The van der Waals surface area contributed by atoms with Gasteiger partial charge in [0.05, 0.1) is 18.8 Å². The van der Waals surface area contributed by atoms with Crippen molar-refractivity contribution in [1.29, 1.82) is 0 Å². The van der Waals surface area contributed by atoms with E-state index in [2.05, 4.69) is 10.3 Å². The normalized spacial score (nSPS) is 35.9. The van der Waals surface area contributed by atoms with E-state index in [-0.39, 0.29) is 29.7 Å². The summed E-state index contributed by atoms with van der Waals surface area (Å²) in [7, 11) is 0. The van der Waals surface area contributed by atoms with Crippen molar-refractivity contribution in [1.82, 2.24) is 5.32 Å². The second-order valence-corrected chi connectivity index (χ2v) is 8.60. The number of fused-ring (bicyclic) bond motifs is 3. The van der Waals surface area contributed by atoms with Crippen LogP contribution in [0.1, 0.15) is 24.4 Å². The second-order valence-electron chi connectivity index (χ2n) is 7.37. The summed E-state index contributed by atoms with van der Waals surface area (Å²) in [4.78, 5) is 4.54. The molecule has 2 bridgehead atoms. The molecule has 2 saturated heterocycles. The van der Waals surface area contributed by atoms with Crippen LogP contribution < -0.4 is 14.8 Å². The SMILES string of the molecule is O[C@H]1C[C@@H](SC2=N[C@@H](c3ccc4c(c3)OCO4)C[C@H](C(F)(F)F)N2)[C@@H]2CO[C@@H]1O2. The van der Waals surface area contributed by atoms with Crippen molar-refractivity contribution in [3.05, 3.63) is 23.8 Å². The van der Waals surface area contributed by atoms with Crippen LogP contribution in [0, 0.1) is 0 Å². The molecule has 0 amide bonds. The van der Waals surface area contributed by atoms with Gasteiger partial charge in [-0.05, 0) is 24.1 Å². The third-order valence-electron chi connectivity index (χ3n) is 5.41. The van der Waals surface area contributed by atoms with E-state index in [0.29, 0.717) is 30.1 Å². The first-order valence-electron chi connectivity index (χ1n) is 9.29. The lowest BCUT2D eigenvalue weighted by molar-refractivity contribution is -0.155. The number of ether oxygens (including phenoxy) is 4. The van der Waals surface area contributed by atoms with E-state index in [0.717, 1.165) is 0 Å². The number of rotatable bonds is 2. The van der Waals surface area contributed by atoms with Crippen LogP contribution in [0.3, 0.4) is 0 Å². The maximum absolute atomic E-state index is 13.6. The van der Waals surface area contributed by atoms with Gasteiger partial charge in [0.2, 0.25) is 6.79 Å². The molecule has 0 saturated carbocycles. The molecule has 6 atom stereocenters. The van der Waals surface area contributed by atoms with Crippen molar-refractivity contribution in [2.45, 2.75) is 54.8 Å². The summed E-state index contributed by atoms with van der Waals surface area (Å²) in [6.07, 6.45) is -6.01. The van der Waals surface area contributed by atoms with Crippen LogP contribution in [0.4, 0.5) is 13.2 Å². The molecule has 158 valence electrons. The van der Waals surface area contributed by atoms with Crippen molar-refractivity contribution in [2.24, 2.45) is 4.99 Å². The molecule has 0 radical (unpaired) electrons. The lowest BCUT2D eigenvalue weighted by Crippen LogP contribution is -2.49. The van der Waals surface area contributed by atoms with E-state index in [1.165, 1.54) is 11.8 Å². The molecule has 29 heavy (non-hydrogen) atoms. The smallest absolute Gasteiger partial charge is 0.408 e. The summed E-state index contributed by atoms with van der Waals surface area (Å²) < 4.78 is 62.2. The lowest BCUT2D eigenvalue weighted by Gasteiger charge is -2.34. The number of aliphatic imine (C=N–C) groups is 1. The molecule has 4 aliphatic rings. The standard InChI is InChI=1S/C18H19F3N2O5S/c19-18(20,21)15-4-9(8-1-2-11-12(3-8)27-7-26-11)22-17(23-15)29-14-5-10(24)16-25-6-13(14)28-16/h1-3,9-10,13-16,24H,4-7H2,(H,22,23)/t9-,10+,13+,14-,15-,16-/m1/s1. The quantitative estimate of drug-likeness (QED) is 0.743. The summed E-state index contributed by atoms with van der Waals surface area (Å²) in [6, 6.07) is 2.68. The molecule has 0 aromatic heterocycles. The Kier molecular flexibility index (Phi) is 4.80. The highest BCUT2D eigenvalue weighted by molar-refractivity contribution is 8.14. The number of halogens is 3. The highest BCUT2D eigenvalue weighted by atomic mass is 32.2. The molecular formula is C18H19F3N2O5S. The molecule has 7 nitrogen and oxygen atoms in total. The van der Waals surface area contributed by atoms with Crippen LogP contribution in [0.25, 0.3) is 0 Å². The van der Waals surface area contributed by atoms with Gasteiger partial charge in [0, 0.05) is 11.7 Å². The summed E-state index contributed by atoms with van der Waals surface area (Å²) >= 11 is 1.17. The number of alkyl halides is 3. The van der Waals surface area contributed by atoms with Crippen molar-refractivity contribution in [2.75, 3.05) is 13.4 Å². The Labute approximate surface area is 168 Å². The maximum Gasteiger partial charge on any atom is 0.408 e. The fourth-order valence-electron chi connectivity index (χ4n) is 3.88. The summed E-state index contributed by atoms with van der Waals surface area (Å²) in [5.41, 5.74) is 0.632. The highest BCUT2D eigenvalue weighted by Crippen LogP contribution is 2.41. The van der Waals surface area contributed by atoms with Crippen LogP contribution >= 0.6 is 11.8 Å². The van der Waals surface area contributed by atoms with E-state index in [1.807, 2.05) is 0 Å². The van der Waals surface area contributed by atoms with Gasteiger partial charge in [-0.25, -0.2) is 0 Å². The number of amidine groups is 1. The Morgan fingerprint density at radius 3 is 2.83 bits per heavy atom. The first-order valence-corrected chi connectivity index (χ1v) is 10.2. The van der Waals surface area contributed by atoms with Crippen LogP contribution in [-0.2, 0) is 9.47 Å². The van der Waals surface area contributed by atoms with Crippen molar-refractivity contribution >= 4 is 16.9 Å². The zero-order valence-corrected chi connectivity index (χ0v) is 15.9. The van der Waals surface area contributed by atoms with Gasteiger partial charge in [0.25, 0.3) is 0 Å². The first-order chi connectivity index (χ1) is 13.9. The molecule has 2 N–H and O–H groups in total. The zero-order valence-electron chi connectivity index (χ0n) is 15.1. The van der Waals surface area contributed by atoms with Crippen molar-refractivity contribution < 1.29 is 37.2 Å². The predicted octanol–water partition coefficient (Wildman–Crippen LogP) is 2.34. The monoisotopic (exact) mass is 432 g/mol. The zero-order chi connectivity index (χ0) is 20.2. The van der Waals surface area contributed by atoms with Gasteiger partial charge in [0.15, 0.2) is 23.0 Å². The number of nitrogens with zero attached hydrogens (tertiary/aromatic N) is 1. The second kappa shape index (κ2) is 7.22. The summed E-state index contributed by atoms with van der Waals surface area (Å²) in [5, 5.41) is 12.5. The van der Waals surface area contributed by atoms with Gasteiger partial charge in [-0.15, -0.1) is 0 Å². The molecule has 4 heterocycles. The van der Waals surface area contributed by atoms with Crippen molar-refractivity contribution in [3.63, 3.8) is 0 Å². The molecular weight excluding hydrogens is 413 g/mol. The summed E-state index contributed by atoms with van der Waals surface area (Å²) in [6.45, 7) is 0.399. The van der Waals surface area contributed by atoms with Gasteiger partial charge in [0.1, 0.15) is 12.1 Å². The molecule has 0 spiro atoms. The average Bonchev–Trinajstić information content (AvgIpc) is 3.32. The maximum atomic E-state index is 13.6. The van der Waals surface area contributed by atoms with Crippen molar-refractivity contribution in [3.8, 4) is 11.5 Å². The lowest BCUT2D eigenvalue weighted by atomic mass is 9.98. The van der Waals surface area contributed by atoms with E-state index >= 15 is 0 Å². The first kappa shape index (κ1) is 19.3. The molecule has 5 rings (SSSR count). The third kappa shape index (κ3) is 3.76. The van der Waals surface area contributed by atoms with E-state index in [1.54, 1.807) is 18.2 Å². The number of thioether (sulfide) groups is 1. The molecule has 4 aliphatic heterocycles. The Bertz CT molecular complexity index is 823. The van der Waals surface area contributed by atoms with Gasteiger partial charge < -0.3 is 29.4 Å². The minimum atomic E-state index is -4.42. The topological polar surface area (TPSA) is 81.5 Å². The number of hydrogen-bond acceptors (Lipinski definition) is 8. The Morgan fingerprint density at radius 2 is 2.00 bits per heavy atom. The molecule has 1 aromatic rings. The van der Waals surface area contributed by atoms with Crippen LogP contribution in [0.5, 0.6) is 11.5 Å². The number of benzene rings is 1. The molecule has 0 aliphatic carbocycles. The fourth-order valence-corrected chi connectivity index (χ4v) is 5.15. The Morgan fingerprint density at radius 1 is 1.17 bits per heavy atom. The van der Waals surface area contributed by atoms with Gasteiger partial charge >= 0.3 is 6.18 Å². The number of hydrogen-bond donors (Lipinski definition) is 2. The van der Waals surface area contributed by atoms with E-state index < -0.39 is 30.7 Å². The molecule has 1 aromatic carbocycles. The molecule has 0 unspecified atom stereocenters. The van der Waals surface area contributed by atoms with Crippen LogP contribution in [0.2, 0.25) is 0 Å². The third-order valence-corrected chi connectivity index (χ3v) is 6.65. The van der Waals surface area contributed by atoms with Gasteiger partial charge in [-0.3, -0.25) is 4.99 Å². The van der Waals surface area contributed by atoms with Gasteiger partial charge in [-0.2, -0.15) is 13.2 Å². The largest absolute Gasteiger partial charge is 0.454 e. The number of aliphatic hydroxyl groups is 1. The Hall–Kier alpha value is -1.69. The minimum absolute atomic E-state index is 0.0923. The van der Waals surface area contributed by atoms with E-state index in [4.69, 9.17) is 18.9 Å². The highest BCUT2D eigenvalue weighted by Gasteiger charge is 2.47. The predicted molar refractivity (Wildman–Crippen MR) is 97.0 cm³/mol. The van der Waals surface area contributed by atoms with E-state index in [9.17, 15) is 18.3 Å². The fraction of sp³-hybridized carbons (Fsp3) is 0.611. The minimum Gasteiger partial charge on any atom is -0.454 e. The number of aliphatic hydroxyl groups excluding tert-OH is 1.